The molecule has 0 radical (unpaired) electrons. The van der Waals surface area contributed by atoms with Gasteiger partial charge in [-0.1, -0.05) is 19.1 Å². The highest BCUT2D eigenvalue weighted by atomic mass is 16.7. The SMILES string of the molecule is CC1C=CCC(OC(=O)O)C1OC(=O)O. The fraction of sp³-hybridized carbons (Fsp3) is 0.556. The van der Waals surface area contributed by atoms with E-state index in [1.165, 1.54) is 0 Å². The van der Waals surface area contributed by atoms with Crippen LogP contribution >= 0.6 is 0 Å². The summed E-state index contributed by atoms with van der Waals surface area (Å²) in [5.41, 5.74) is 0. The molecule has 0 aromatic rings. The van der Waals surface area contributed by atoms with Crippen LogP contribution in [0, 0.1) is 5.92 Å². The van der Waals surface area contributed by atoms with Crippen molar-refractivity contribution >= 4 is 12.3 Å². The Kier molecular flexibility index (Phi) is 3.54. The maximum atomic E-state index is 10.4. The summed E-state index contributed by atoms with van der Waals surface area (Å²) >= 11 is 0. The van der Waals surface area contributed by atoms with Crippen LogP contribution < -0.4 is 0 Å². The van der Waals surface area contributed by atoms with Crippen LogP contribution in [0.4, 0.5) is 9.59 Å². The Balaban J connectivity index is 2.70. The van der Waals surface area contributed by atoms with E-state index in [2.05, 4.69) is 9.47 Å². The van der Waals surface area contributed by atoms with E-state index in [0.717, 1.165) is 0 Å². The lowest BCUT2D eigenvalue weighted by molar-refractivity contribution is -0.0556. The second-order valence-electron chi connectivity index (χ2n) is 3.29. The molecule has 1 rings (SSSR count). The minimum absolute atomic E-state index is 0.195. The fourth-order valence-electron chi connectivity index (χ4n) is 1.55. The Morgan fingerprint density at radius 3 is 2.40 bits per heavy atom. The van der Waals surface area contributed by atoms with Gasteiger partial charge in [-0.05, 0) is 0 Å². The third-order valence-corrected chi connectivity index (χ3v) is 2.18. The predicted molar refractivity (Wildman–Crippen MR) is 48.7 cm³/mol. The summed E-state index contributed by atoms with van der Waals surface area (Å²) in [6, 6.07) is 0. The van der Waals surface area contributed by atoms with Crippen molar-refractivity contribution < 1.29 is 29.3 Å². The van der Waals surface area contributed by atoms with Gasteiger partial charge >= 0.3 is 12.3 Å². The van der Waals surface area contributed by atoms with Crippen molar-refractivity contribution in [3.63, 3.8) is 0 Å². The first-order chi connectivity index (χ1) is 7.00. The van der Waals surface area contributed by atoms with E-state index in [1.807, 2.05) is 0 Å². The van der Waals surface area contributed by atoms with Gasteiger partial charge in [0, 0.05) is 12.3 Å². The first-order valence-corrected chi connectivity index (χ1v) is 4.46. The topological polar surface area (TPSA) is 93.1 Å². The number of carboxylic acid groups (broad SMARTS) is 2. The van der Waals surface area contributed by atoms with Gasteiger partial charge in [-0.3, -0.25) is 0 Å². The monoisotopic (exact) mass is 216 g/mol. The van der Waals surface area contributed by atoms with Crippen molar-refractivity contribution in [2.75, 3.05) is 0 Å². The van der Waals surface area contributed by atoms with Gasteiger partial charge in [0.2, 0.25) is 0 Å². The van der Waals surface area contributed by atoms with Crippen LogP contribution in [-0.2, 0) is 9.47 Å². The van der Waals surface area contributed by atoms with E-state index in [-0.39, 0.29) is 5.92 Å². The molecule has 0 aromatic carbocycles. The molecule has 15 heavy (non-hydrogen) atoms. The highest BCUT2D eigenvalue weighted by Gasteiger charge is 2.34. The highest BCUT2D eigenvalue weighted by Crippen LogP contribution is 2.24. The van der Waals surface area contributed by atoms with Crippen LogP contribution in [0.1, 0.15) is 13.3 Å². The molecular weight excluding hydrogens is 204 g/mol. The molecule has 0 heterocycles. The van der Waals surface area contributed by atoms with Gasteiger partial charge in [0.05, 0.1) is 0 Å². The molecule has 0 saturated carbocycles. The molecule has 0 spiro atoms. The molecule has 3 atom stereocenters. The largest absolute Gasteiger partial charge is 0.506 e. The van der Waals surface area contributed by atoms with Crippen LogP contribution in [0.15, 0.2) is 12.2 Å². The molecule has 0 aromatic heterocycles. The molecule has 0 saturated heterocycles. The molecule has 1 aliphatic carbocycles. The summed E-state index contributed by atoms with van der Waals surface area (Å²) in [5.74, 6) is -0.195. The lowest BCUT2D eigenvalue weighted by Gasteiger charge is -2.30. The van der Waals surface area contributed by atoms with E-state index in [4.69, 9.17) is 10.2 Å². The average molecular weight is 216 g/mol. The molecule has 0 amide bonds. The minimum atomic E-state index is -1.43. The Morgan fingerprint density at radius 2 is 1.87 bits per heavy atom. The number of carbonyl (C=O) groups is 2. The maximum Gasteiger partial charge on any atom is 0.506 e. The summed E-state index contributed by atoms with van der Waals surface area (Å²) < 4.78 is 9.15. The molecule has 2 N–H and O–H groups in total. The smallest absolute Gasteiger partial charge is 0.450 e. The fourth-order valence-corrected chi connectivity index (χ4v) is 1.55. The van der Waals surface area contributed by atoms with Crippen LogP contribution in [0.2, 0.25) is 0 Å². The lowest BCUT2D eigenvalue weighted by atomic mass is 9.91. The maximum absolute atomic E-state index is 10.4. The quantitative estimate of drug-likeness (QED) is 0.539. The Hall–Kier alpha value is -1.72. The van der Waals surface area contributed by atoms with E-state index in [9.17, 15) is 9.59 Å². The Labute approximate surface area is 86.1 Å². The molecule has 0 aliphatic heterocycles. The lowest BCUT2D eigenvalue weighted by Crippen LogP contribution is -2.40. The second kappa shape index (κ2) is 4.68. The molecule has 3 unspecified atom stereocenters. The standard InChI is InChI=1S/C9H12O6/c1-5-3-2-4-6(14-8(10)11)7(5)15-9(12)13/h2-3,5-7H,4H2,1H3,(H,10,11)(H,12,13). The van der Waals surface area contributed by atoms with Gasteiger partial charge in [-0.2, -0.15) is 0 Å². The molecule has 6 nitrogen and oxygen atoms in total. The summed E-state index contributed by atoms with van der Waals surface area (Å²) in [5, 5.41) is 16.9. The van der Waals surface area contributed by atoms with Crippen LogP contribution in [0.3, 0.4) is 0 Å². The second-order valence-corrected chi connectivity index (χ2v) is 3.29. The van der Waals surface area contributed by atoms with Crippen LogP contribution in [0.5, 0.6) is 0 Å². The van der Waals surface area contributed by atoms with Crippen LogP contribution in [0.25, 0.3) is 0 Å². The first-order valence-electron chi connectivity index (χ1n) is 4.46. The van der Waals surface area contributed by atoms with Gasteiger partial charge in [-0.25, -0.2) is 9.59 Å². The van der Waals surface area contributed by atoms with Crippen molar-refractivity contribution in [2.45, 2.75) is 25.6 Å². The van der Waals surface area contributed by atoms with Crippen molar-refractivity contribution in [3.05, 3.63) is 12.2 Å². The summed E-state index contributed by atoms with van der Waals surface area (Å²) in [7, 11) is 0. The molecule has 1 aliphatic rings. The van der Waals surface area contributed by atoms with E-state index in [0.29, 0.717) is 6.42 Å². The zero-order valence-corrected chi connectivity index (χ0v) is 8.12. The van der Waals surface area contributed by atoms with Gasteiger partial charge in [0.1, 0.15) is 12.2 Å². The van der Waals surface area contributed by atoms with Crippen molar-refractivity contribution in [2.24, 2.45) is 5.92 Å². The Bertz CT molecular complexity index is 284. The average Bonchev–Trinajstić information content (AvgIpc) is 2.09. The highest BCUT2D eigenvalue weighted by molar-refractivity contribution is 5.58. The number of ether oxygens (including phenoxy) is 2. The first kappa shape index (κ1) is 11.4. The number of hydrogen-bond donors (Lipinski definition) is 2. The number of hydrogen-bond acceptors (Lipinski definition) is 4. The van der Waals surface area contributed by atoms with E-state index >= 15 is 0 Å². The van der Waals surface area contributed by atoms with Crippen molar-refractivity contribution in [1.29, 1.82) is 0 Å². The molecule has 0 fully saturated rings. The van der Waals surface area contributed by atoms with Gasteiger partial charge in [0.25, 0.3) is 0 Å². The zero-order valence-electron chi connectivity index (χ0n) is 8.12. The van der Waals surface area contributed by atoms with Gasteiger partial charge < -0.3 is 19.7 Å². The normalized spacial score (nSPS) is 29.5. The van der Waals surface area contributed by atoms with Crippen molar-refractivity contribution in [3.8, 4) is 0 Å². The third kappa shape index (κ3) is 3.16. The van der Waals surface area contributed by atoms with Gasteiger partial charge in [-0.15, -0.1) is 0 Å². The predicted octanol–water partition coefficient (Wildman–Crippen LogP) is 1.71. The third-order valence-electron chi connectivity index (χ3n) is 2.18. The summed E-state index contributed by atoms with van der Waals surface area (Å²) in [6.07, 6.45) is -0.547. The van der Waals surface area contributed by atoms with E-state index in [1.54, 1.807) is 19.1 Å². The Morgan fingerprint density at radius 1 is 1.27 bits per heavy atom. The van der Waals surface area contributed by atoms with Crippen molar-refractivity contribution in [1.82, 2.24) is 0 Å². The number of rotatable bonds is 2. The molecule has 84 valence electrons. The summed E-state index contributed by atoms with van der Waals surface area (Å²) in [6.45, 7) is 1.74. The minimum Gasteiger partial charge on any atom is -0.450 e. The zero-order chi connectivity index (χ0) is 11.4. The molecule has 6 heteroatoms. The molecule has 0 bridgehead atoms. The summed E-state index contributed by atoms with van der Waals surface area (Å²) in [4.78, 5) is 20.8. The molecular formula is C9H12O6. The van der Waals surface area contributed by atoms with Crippen LogP contribution in [-0.4, -0.2) is 34.7 Å². The van der Waals surface area contributed by atoms with Gasteiger partial charge in [0.15, 0.2) is 0 Å². The van der Waals surface area contributed by atoms with E-state index < -0.39 is 24.5 Å².